The van der Waals surface area contributed by atoms with Gasteiger partial charge >= 0.3 is 6.03 Å². The molecule has 4 N–H and O–H groups in total. The molecule has 0 radical (unpaired) electrons. The number of imide groups is 1. The fourth-order valence-electron chi connectivity index (χ4n) is 1.59. The van der Waals surface area contributed by atoms with Gasteiger partial charge in [0, 0.05) is 6.54 Å². The van der Waals surface area contributed by atoms with E-state index in [0.717, 1.165) is 12.1 Å². The lowest BCUT2D eigenvalue weighted by atomic mass is 10.2. The van der Waals surface area contributed by atoms with E-state index in [0.29, 0.717) is 12.5 Å². The number of halogens is 1. The van der Waals surface area contributed by atoms with Gasteiger partial charge in [0.05, 0.1) is 0 Å². The standard InChI is InChI=1S/C14H20FN3O3/c1-9(2)6-17-7-10-3-4-12(11(15)5-10)21-8-13(19)18-14(16)20/h3-5,9,17H,6-8H2,1-2H3,(H3,16,18,19,20). The highest BCUT2D eigenvalue weighted by atomic mass is 19.1. The van der Waals surface area contributed by atoms with Crippen LogP contribution in [0.15, 0.2) is 18.2 Å². The molecule has 0 aliphatic rings. The molecule has 1 aromatic carbocycles. The lowest BCUT2D eigenvalue weighted by molar-refractivity contribution is -0.121. The molecule has 6 nitrogen and oxygen atoms in total. The zero-order valence-corrected chi connectivity index (χ0v) is 12.1. The summed E-state index contributed by atoms with van der Waals surface area (Å²) in [5.74, 6) is -0.834. The van der Waals surface area contributed by atoms with Gasteiger partial charge in [-0.1, -0.05) is 19.9 Å². The number of urea groups is 1. The van der Waals surface area contributed by atoms with E-state index in [2.05, 4.69) is 19.2 Å². The quantitative estimate of drug-likeness (QED) is 0.703. The maximum Gasteiger partial charge on any atom is 0.318 e. The van der Waals surface area contributed by atoms with Crippen molar-refractivity contribution in [1.82, 2.24) is 10.6 Å². The van der Waals surface area contributed by atoms with E-state index < -0.39 is 24.4 Å². The first-order chi connectivity index (χ1) is 9.88. The molecule has 0 aliphatic heterocycles. The lowest BCUT2D eigenvalue weighted by Crippen LogP contribution is -2.38. The van der Waals surface area contributed by atoms with Gasteiger partial charge in [0.2, 0.25) is 0 Å². The van der Waals surface area contributed by atoms with Crippen LogP contribution in [-0.4, -0.2) is 25.1 Å². The van der Waals surface area contributed by atoms with Crippen molar-refractivity contribution in [2.24, 2.45) is 11.7 Å². The van der Waals surface area contributed by atoms with E-state index in [9.17, 15) is 14.0 Å². The van der Waals surface area contributed by atoms with Crippen molar-refractivity contribution in [1.29, 1.82) is 0 Å². The minimum atomic E-state index is -0.976. The lowest BCUT2D eigenvalue weighted by Gasteiger charge is -2.10. The number of hydrogen-bond acceptors (Lipinski definition) is 4. The molecule has 21 heavy (non-hydrogen) atoms. The smallest absolute Gasteiger partial charge is 0.318 e. The Balaban J connectivity index is 2.50. The predicted octanol–water partition coefficient (Wildman–Crippen LogP) is 1.15. The summed E-state index contributed by atoms with van der Waals surface area (Å²) in [5.41, 5.74) is 5.55. The number of carbonyl (C=O) groups excluding carboxylic acids is 2. The van der Waals surface area contributed by atoms with Crippen LogP contribution in [0.3, 0.4) is 0 Å². The molecule has 0 heterocycles. The molecule has 0 unspecified atom stereocenters. The molecule has 0 aliphatic carbocycles. The van der Waals surface area contributed by atoms with Crippen LogP contribution < -0.4 is 21.1 Å². The Hall–Kier alpha value is -2.15. The number of ether oxygens (including phenoxy) is 1. The summed E-state index contributed by atoms with van der Waals surface area (Å²) in [5, 5.41) is 5.02. The molecule has 1 rings (SSSR count). The van der Waals surface area contributed by atoms with Gasteiger partial charge in [0.25, 0.3) is 5.91 Å². The Morgan fingerprint density at radius 2 is 2.10 bits per heavy atom. The minimum Gasteiger partial charge on any atom is -0.481 e. The van der Waals surface area contributed by atoms with Crippen molar-refractivity contribution < 1.29 is 18.7 Å². The van der Waals surface area contributed by atoms with E-state index in [1.165, 1.54) is 12.1 Å². The van der Waals surface area contributed by atoms with E-state index in [1.807, 2.05) is 5.32 Å². The third-order valence-electron chi connectivity index (χ3n) is 2.50. The van der Waals surface area contributed by atoms with Gasteiger partial charge in [-0.05, 0) is 30.2 Å². The van der Waals surface area contributed by atoms with Crippen LogP contribution in [-0.2, 0) is 11.3 Å². The van der Waals surface area contributed by atoms with Crippen LogP contribution in [0.25, 0.3) is 0 Å². The molecule has 0 saturated heterocycles. The summed E-state index contributed by atoms with van der Waals surface area (Å²) in [6.07, 6.45) is 0. The van der Waals surface area contributed by atoms with Gasteiger partial charge in [-0.25, -0.2) is 9.18 Å². The summed E-state index contributed by atoms with van der Waals surface area (Å²) < 4.78 is 18.8. The van der Waals surface area contributed by atoms with Gasteiger partial charge in [-0.2, -0.15) is 0 Å². The fraction of sp³-hybridized carbons (Fsp3) is 0.429. The molecular weight excluding hydrogens is 277 g/mol. The van der Waals surface area contributed by atoms with Crippen LogP contribution in [0.2, 0.25) is 0 Å². The average molecular weight is 297 g/mol. The number of hydrogen-bond donors (Lipinski definition) is 3. The van der Waals surface area contributed by atoms with Crippen molar-refractivity contribution in [2.75, 3.05) is 13.2 Å². The van der Waals surface area contributed by atoms with Crippen molar-refractivity contribution in [2.45, 2.75) is 20.4 Å². The molecule has 0 aromatic heterocycles. The molecule has 7 heteroatoms. The largest absolute Gasteiger partial charge is 0.481 e. The van der Waals surface area contributed by atoms with E-state index in [-0.39, 0.29) is 5.75 Å². The Bertz CT molecular complexity index is 506. The number of rotatable bonds is 7. The zero-order chi connectivity index (χ0) is 15.8. The molecule has 1 aromatic rings. The number of primary amides is 1. The monoisotopic (exact) mass is 297 g/mol. The fourth-order valence-corrected chi connectivity index (χ4v) is 1.59. The average Bonchev–Trinajstić information content (AvgIpc) is 2.36. The SMILES string of the molecule is CC(C)CNCc1ccc(OCC(=O)NC(N)=O)c(F)c1. The first kappa shape index (κ1) is 16.9. The van der Waals surface area contributed by atoms with Gasteiger partial charge in [-0.15, -0.1) is 0 Å². The van der Waals surface area contributed by atoms with Crippen LogP contribution in [0.5, 0.6) is 5.75 Å². The second kappa shape index (κ2) is 8.21. The Kier molecular flexibility index (Phi) is 6.61. The highest BCUT2D eigenvalue weighted by molar-refractivity contribution is 5.94. The number of amides is 3. The van der Waals surface area contributed by atoms with Crippen LogP contribution >= 0.6 is 0 Å². The number of carbonyl (C=O) groups is 2. The highest BCUT2D eigenvalue weighted by Crippen LogP contribution is 2.18. The van der Waals surface area contributed by atoms with Crippen LogP contribution in [0.4, 0.5) is 9.18 Å². The number of nitrogens with one attached hydrogen (secondary N) is 2. The van der Waals surface area contributed by atoms with E-state index >= 15 is 0 Å². The molecular formula is C14H20FN3O3. The third kappa shape index (κ3) is 6.71. The molecule has 0 saturated carbocycles. The summed E-state index contributed by atoms with van der Waals surface area (Å²) in [6.45, 7) is 5.08. The zero-order valence-electron chi connectivity index (χ0n) is 12.1. The molecule has 0 spiro atoms. The van der Waals surface area contributed by atoms with Crippen molar-refractivity contribution in [3.05, 3.63) is 29.6 Å². The topological polar surface area (TPSA) is 93.4 Å². The Morgan fingerprint density at radius 1 is 1.38 bits per heavy atom. The van der Waals surface area contributed by atoms with E-state index in [1.54, 1.807) is 6.07 Å². The number of nitrogens with two attached hydrogens (primary N) is 1. The first-order valence-corrected chi connectivity index (χ1v) is 6.59. The molecule has 116 valence electrons. The molecule has 0 atom stereocenters. The van der Waals surface area contributed by atoms with Crippen molar-refractivity contribution >= 4 is 11.9 Å². The summed E-state index contributed by atoms with van der Waals surface area (Å²) in [6, 6.07) is 3.52. The van der Waals surface area contributed by atoms with Gasteiger partial charge in [-0.3, -0.25) is 10.1 Å². The predicted molar refractivity (Wildman–Crippen MR) is 76.2 cm³/mol. The van der Waals surface area contributed by atoms with Crippen LogP contribution in [0.1, 0.15) is 19.4 Å². The normalized spacial score (nSPS) is 10.5. The Labute approximate surface area is 122 Å². The second-order valence-corrected chi connectivity index (χ2v) is 4.99. The van der Waals surface area contributed by atoms with Crippen molar-refractivity contribution in [3.8, 4) is 5.75 Å². The summed E-state index contributed by atoms with van der Waals surface area (Å²) in [7, 11) is 0. The maximum atomic E-state index is 13.8. The molecule has 0 bridgehead atoms. The molecule has 0 fully saturated rings. The van der Waals surface area contributed by atoms with Crippen LogP contribution in [0, 0.1) is 11.7 Å². The van der Waals surface area contributed by atoms with Gasteiger partial charge in [0.15, 0.2) is 18.2 Å². The summed E-state index contributed by atoms with van der Waals surface area (Å²) in [4.78, 5) is 21.6. The minimum absolute atomic E-state index is 0.0535. The van der Waals surface area contributed by atoms with E-state index in [4.69, 9.17) is 10.5 Å². The number of benzene rings is 1. The van der Waals surface area contributed by atoms with Crippen molar-refractivity contribution in [3.63, 3.8) is 0 Å². The molecule has 3 amide bonds. The highest BCUT2D eigenvalue weighted by Gasteiger charge is 2.09. The first-order valence-electron chi connectivity index (χ1n) is 6.59. The van der Waals surface area contributed by atoms with Gasteiger partial charge < -0.3 is 15.8 Å². The Morgan fingerprint density at radius 3 is 2.67 bits per heavy atom. The second-order valence-electron chi connectivity index (χ2n) is 4.99. The maximum absolute atomic E-state index is 13.8. The third-order valence-corrected chi connectivity index (χ3v) is 2.50. The summed E-state index contributed by atoms with van der Waals surface area (Å²) >= 11 is 0. The van der Waals surface area contributed by atoms with Gasteiger partial charge in [0.1, 0.15) is 0 Å².